The highest BCUT2D eigenvalue weighted by Crippen LogP contribution is 2.15. The molecule has 0 heterocycles. The maximum Gasteiger partial charge on any atom is 0.203 e. The highest BCUT2D eigenvalue weighted by molar-refractivity contribution is 5.99. The van der Waals surface area contributed by atoms with Crippen molar-refractivity contribution in [1.29, 1.82) is 0 Å². The molecule has 0 saturated carbocycles. The molecule has 0 aliphatic carbocycles. The average molecular weight is 262 g/mol. The van der Waals surface area contributed by atoms with E-state index in [2.05, 4.69) is 0 Å². The molecule has 0 radical (unpaired) electrons. The molecule has 2 nitrogen and oxygen atoms in total. The Balaban J connectivity index is 2.12. The largest absolute Gasteiger partial charge is 0.483 e. The first kappa shape index (κ1) is 13.2. The third kappa shape index (κ3) is 3.16. The van der Waals surface area contributed by atoms with Crippen LogP contribution in [0, 0.1) is 11.6 Å². The number of para-hydroxylation sites is 1. The van der Waals surface area contributed by atoms with E-state index in [1.54, 1.807) is 31.2 Å². The maximum atomic E-state index is 13.1. The Morgan fingerprint density at radius 3 is 2.37 bits per heavy atom. The van der Waals surface area contributed by atoms with Gasteiger partial charge in [0.2, 0.25) is 5.78 Å². The summed E-state index contributed by atoms with van der Waals surface area (Å²) >= 11 is 0. The minimum absolute atomic E-state index is 0.0855. The molecule has 0 fully saturated rings. The molecule has 0 bridgehead atoms. The van der Waals surface area contributed by atoms with E-state index in [0.717, 1.165) is 12.1 Å². The molecule has 19 heavy (non-hydrogen) atoms. The van der Waals surface area contributed by atoms with Crippen molar-refractivity contribution in [2.45, 2.75) is 13.0 Å². The molecule has 0 spiro atoms. The second-order valence-electron chi connectivity index (χ2n) is 4.07. The van der Waals surface area contributed by atoms with Crippen LogP contribution in [0.15, 0.2) is 48.5 Å². The number of carbonyl (C=O) groups is 1. The van der Waals surface area contributed by atoms with Crippen molar-refractivity contribution in [1.82, 2.24) is 0 Å². The number of carbonyl (C=O) groups excluding carboxylic acids is 1. The zero-order valence-electron chi connectivity index (χ0n) is 10.3. The molecule has 2 aromatic rings. The predicted octanol–water partition coefficient (Wildman–Crippen LogP) is 3.62. The third-order valence-electron chi connectivity index (χ3n) is 2.63. The Labute approximate surface area is 109 Å². The van der Waals surface area contributed by atoms with E-state index in [0.29, 0.717) is 5.75 Å². The second-order valence-corrected chi connectivity index (χ2v) is 4.07. The number of ether oxygens (including phenoxy) is 1. The summed E-state index contributed by atoms with van der Waals surface area (Å²) in [5, 5.41) is 0. The molecule has 1 unspecified atom stereocenters. The molecule has 0 aliphatic rings. The van der Waals surface area contributed by atoms with Crippen molar-refractivity contribution in [2.24, 2.45) is 0 Å². The number of benzene rings is 2. The molecular formula is C15H12F2O2. The van der Waals surface area contributed by atoms with Gasteiger partial charge in [-0.15, -0.1) is 0 Å². The van der Waals surface area contributed by atoms with Gasteiger partial charge < -0.3 is 4.74 Å². The van der Waals surface area contributed by atoms with Crippen molar-refractivity contribution < 1.29 is 18.3 Å². The van der Waals surface area contributed by atoms with Crippen molar-refractivity contribution in [2.75, 3.05) is 0 Å². The Kier molecular flexibility index (Phi) is 3.90. The van der Waals surface area contributed by atoms with Gasteiger partial charge in [0.1, 0.15) is 5.75 Å². The third-order valence-corrected chi connectivity index (χ3v) is 2.63. The summed E-state index contributed by atoms with van der Waals surface area (Å²) in [7, 11) is 0. The van der Waals surface area contributed by atoms with Gasteiger partial charge in [-0.2, -0.15) is 0 Å². The van der Waals surface area contributed by atoms with E-state index in [4.69, 9.17) is 4.74 Å². The van der Waals surface area contributed by atoms with Crippen LogP contribution in [-0.4, -0.2) is 11.9 Å². The van der Waals surface area contributed by atoms with E-state index in [9.17, 15) is 13.6 Å². The monoisotopic (exact) mass is 262 g/mol. The first-order valence-corrected chi connectivity index (χ1v) is 5.79. The van der Waals surface area contributed by atoms with Crippen LogP contribution in [0.1, 0.15) is 17.3 Å². The van der Waals surface area contributed by atoms with Crippen LogP contribution in [0.5, 0.6) is 5.75 Å². The Hall–Kier alpha value is -2.23. The van der Waals surface area contributed by atoms with Crippen molar-refractivity contribution >= 4 is 5.78 Å². The number of hydrogen-bond donors (Lipinski definition) is 0. The first-order valence-electron chi connectivity index (χ1n) is 5.79. The molecule has 4 heteroatoms. The molecular weight excluding hydrogens is 250 g/mol. The van der Waals surface area contributed by atoms with E-state index >= 15 is 0 Å². The van der Waals surface area contributed by atoms with Crippen molar-refractivity contribution in [3.63, 3.8) is 0 Å². The van der Waals surface area contributed by atoms with Crippen LogP contribution >= 0.6 is 0 Å². The van der Waals surface area contributed by atoms with Gasteiger partial charge in [0, 0.05) is 5.56 Å². The molecule has 98 valence electrons. The fourth-order valence-electron chi connectivity index (χ4n) is 1.64. The summed E-state index contributed by atoms with van der Waals surface area (Å²) < 4.78 is 31.3. The number of ketones is 1. The standard InChI is InChI=1S/C15H12F2O2/c1-10(19-12-5-3-2-4-6-12)15(18)11-7-8-13(16)14(17)9-11/h2-10H,1H3. The Morgan fingerprint density at radius 2 is 1.74 bits per heavy atom. The normalized spacial score (nSPS) is 11.9. The molecule has 0 saturated heterocycles. The van der Waals surface area contributed by atoms with E-state index in [-0.39, 0.29) is 5.56 Å². The lowest BCUT2D eigenvalue weighted by Gasteiger charge is -2.13. The smallest absolute Gasteiger partial charge is 0.203 e. The minimum atomic E-state index is -1.04. The minimum Gasteiger partial charge on any atom is -0.483 e. The summed E-state index contributed by atoms with van der Waals surface area (Å²) in [6.07, 6.45) is -0.771. The van der Waals surface area contributed by atoms with Crippen molar-refractivity contribution in [3.8, 4) is 5.75 Å². The highest BCUT2D eigenvalue weighted by Gasteiger charge is 2.18. The van der Waals surface area contributed by atoms with Crippen LogP contribution in [0.2, 0.25) is 0 Å². The molecule has 0 aliphatic heterocycles. The van der Waals surface area contributed by atoms with Crippen LogP contribution in [0.3, 0.4) is 0 Å². The molecule has 0 aromatic heterocycles. The van der Waals surface area contributed by atoms with E-state index < -0.39 is 23.5 Å². The van der Waals surface area contributed by atoms with Crippen molar-refractivity contribution in [3.05, 3.63) is 65.7 Å². The fraction of sp³-hybridized carbons (Fsp3) is 0.133. The lowest BCUT2D eigenvalue weighted by atomic mass is 10.1. The van der Waals surface area contributed by atoms with Crippen LogP contribution in [0.25, 0.3) is 0 Å². The van der Waals surface area contributed by atoms with Gasteiger partial charge in [-0.05, 0) is 37.3 Å². The van der Waals surface area contributed by atoms with Gasteiger partial charge in [0.25, 0.3) is 0 Å². The Bertz CT molecular complexity index is 582. The van der Waals surface area contributed by atoms with Crippen LogP contribution in [0.4, 0.5) is 8.78 Å². The van der Waals surface area contributed by atoms with Gasteiger partial charge in [0.15, 0.2) is 17.7 Å². The second kappa shape index (κ2) is 5.61. The lowest BCUT2D eigenvalue weighted by Crippen LogP contribution is -2.24. The van der Waals surface area contributed by atoms with Gasteiger partial charge >= 0.3 is 0 Å². The summed E-state index contributed by atoms with van der Waals surface area (Å²) in [5.74, 6) is -1.88. The van der Waals surface area contributed by atoms with Gasteiger partial charge in [-0.25, -0.2) is 8.78 Å². The number of halogens is 2. The lowest BCUT2D eigenvalue weighted by molar-refractivity contribution is 0.0817. The first-order chi connectivity index (χ1) is 9.08. The van der Waals surface area contributed by atoms with E-state index in [1.807, 2.05) is 6.07 Å². The SMILES string of the molecule is CC(Oc1ccccc1)C(=O)c1ccc(F)c(F)c1. The number of Topliss-reactive ketones (excluding diaryl/α,β-unsaturated/α-hetero) is 1. The molecule has 0 amide bonds. The zero-order chi connectivity index (χ0) is 13.8. The Morgan fingerprint density at radius 1 is 1.05 bits per heavy atom. The average Bonchev–Trinajstić information content (AvgIpc) is 2.42. The van der Waals surface area contributed by atoms with Gasteiger partial charge in [-0.1, -0.05) is 18.2 Å². The molecule has 2 aromatic carbocycles. The molecule has 1 atom stereocenters. The quantitative estimate of drug-likeness (QED) is 0.787. The van der Waals surface area contributed by atoms with Crippen LogP contribution < -0.4 is 4.74 Å². The topological polar surface area (TPSA) is 26.3 Å². The number of hydrogen-bond acceptors (Lipinski definition) is 2. The van der Waals surface area contributed by atoms with Crippen LogP contribution in [-0.2, 0) is 0 Å². The summed E-state index contributed by atoms with van der Waals surface area (Å²) in [5.41, 5.74) is 0.0855. The summed E-state index contributed by atoms with van der Waals surface area (Å²) in [6.45, 7) is 1.57. The highest BCUT2D eigenvalue weighted by atomic mass is 19.2. The van der Waals surface area contributed by atoms with Gasteiger partial charge in [0.05, 0.1) is 0 Å². The van der Waals surface area contributed by atoms with E-state index in [1.165, 1.54) is 6.07 Å². The predicted molar refractivity (Wildman–Crippen MR) is 67.2 cm³/mol. The summed E-state index contributed by atoms with van der Waals surface area (Å²) in [4.78, 5) is 12.0. The zero-order valence-corrected chi connectivity index (χ0v) is 10.3. The molecule has 2 rings (SSSR count). The number of rotatable bonds is 4. The maximum absolute atomic E-state index is 13.1. The van der Waals surface area contributed by atoms with Gasteiger partial charge in [-0.3, -0.25) is 4.79 Å². The molecule has 0 N–H and O–H groups in total. The summed E-state index contributed by atoms with van der Waals surface area (Å²) in [6, 6.07) is 11.9. The fourth-order valence-corrected chi connectivity index (χ4v) is 1.64.